The normalized spacial score (nSPS) is 8.56. The van der Waals surface area contributed by atoms with Gasteiger partial charge in [0.2, 0.25) is 0 Å². The molecular weight excluding hydrogens is 131 g/mol. The molecule has 6 heteroatoms. The van der Waals surface area contributed by atoms with Crippen LogP contribution in [0, 0.1) is 4.91 Å². The molecule has 52 valence electrons. The van der Waals surface area contributed by atoms with Crippen molar-refractivity contribution in [2.75, 3.05) is 13.2 Å². The summed E-state index contributed by atoms with van der Waals surface area (Å²) < 4.78 is 11.3. The number of hydrogen-bond donors (Lipinski definition) is 1. The average Bonchev–Trinajstić information content (AvgIpc) is 1.82. The molecule has 0 aromatic rings. The van der Waals surface area contributed by atoms with E-state index in [4.69, 9.17) is 0 Å². The van der Waals surface area contributed by atoms with Gasteiger partial charge < -0.3 is 5.73 Å². The van der Waals surface area contributed by atoms with Crippen LogP contribution in [0.1, 0.15) is 0 Å². The van der Waals surface area contributed by atoms with Crippen LogP contribution in [-0.2, 0) is 0 Å². The first-order valence-corrected chi connectivity index (χ1v) is 2.18. The number of hydrogen-bond acceptors (Lipinski definition) is 3. The van der Waals surface area contributed by atoms with Crippen LogP contribution in [0.2, 0.25) is 0 Å². The van der Waals surface area contributed by atoms with Crippen molar-refractivity contribution in [1.29, 1.82) is 0 Å². The highest BCUT2D eigenvalue weighted by Gasteiger charge is 2.06. The Bertz CT molecular complexity index is 118. The molecular formula is C3H6FN3O2. The van der Waals surface area contributed by atoms with Crippen LogP contribution in [0.4, 0.5) is 9.18 Å². The van der Waals surface area contributed by atoms with E-state index in [0.29, 0.717) is 5.01 Å². The van der Waals surface area contributed by atoms with Crippen LogP contribution in [0.15, 0.2) is 5.29 Å². The Balaban J connectivity index is 3.68. The Labute approximate surface area is 50.6 Å². The van der Waals surface area contributed by atoms with Gasteiger partial charge in [-0.15, -0.1) is 4.91 Å². The minimum absolute atomic E-state index is 0.306. The molecule has 0 aromatic carbocycles. The summed E-state index contributed by atoms with van der Waals surface area (Å²) in [5.74, 6) is 0. The summed E-state index contributed by atoms with van der Waals surface area (Å²) in [6.07, 6.45) is 0. The zero-order valence-corrected chi connectivity index (χ0v) is 4.58. The molecule has 0 aliphatic carbocycles. The fraction of sp³-hybridized carbons (Fsp3) is 0.667. The van der Waals surface area contributed by atoms with E-state index < -0.39 is 12.7 Å². The zero-order valence-electron chi connectivity index (χ0n) is 4.58. The fourth-order valence-electron chi connectivity index (χ4n) is 0.271. The monoisotopic (exact) mass is 137 g/mol. The second kappa shape index (κ2) is 3.76. The number of halogens is 1. The van der Waals surface area contributed by atoms with E-state index in [1.165, 1.54) is 0 Å². The average molecular weight is 137 g/mol. The number of rotatable bonds is 3. The van der Waals surface area contributed by atoms with Gasteiger partial charge in [-0.05, 0) is 0 Å². The number of alkyl halides is 1. The lowest BCUT2D eigenvalue weighted by Gasteiger charge is -2.04. The Hall–Kier alpha value is -1.20. The molecule has 0 radical (unpaired) electrons. The van der Waals surface area contributed by atoms with Crippen LogP contribution in [-0.4, -0.2) is 24.3 Å². The maximum atomic E-state index is 11.3. The summed E-state index contributed by atoms with van der Waals surface area (Å²) >= 11 is 0. The van der Waals surface area contributed by atoms with Gasteiger partial charge in [-0.25, -0.2) is 9.18 Å². The standard InChI is InChI=1S/C3H6FN3O2/c4-1-2-7(6-9)3(5)8/h1-2H2,(H2,5,8)/i6+1,7+1. The van der Waals surface area contributed by atoms with E-state index in [0.717, 1.165) is 0 Å². The van der Waals surface area contributed by atoms with E-state index in [1.54, 1.807) is 0 Å². The molecule has 0 heterocycles. The highest BCUT2D eigenvalue weighted by molar-refractivity contribution is 5.71. The van der Waals surface area contributed by atoms with E-state index in [-0.39, 0.29) is 6.54 Å². The molecule has 2 N–H and O–H groups in total. The quantitative estimate of drug-likeness (QED) is 0.338. The minimum Gasteiger partial charge on any atom is -0.350 e. The third-order valence-electron chi connectivity index (χ3n) is 0.649. The smallest absolute Gasteiger partial charge is 0.337 e. The molecule has 0 atom stereocenters. The van der Waals surface area contributed by atoms with Crippen LogP contribution in [0.3, 0.4) is 0 Å². The summed E-state index contributed by atoms with van der Waals surface area (Å²) in [6.45, 7) is -1.20. The molecule has 0 aliphatic rings. The third kappa shape index (κ3) is 2.58. The van der Waals surface area contributed by atoms with E-state index >= 15 is 0 Å². The molecule has 0 saturated heterocycles. The number of amides is 2. The third-order valence-corrected chi connectivity index (χ3v) is 0.649. The molecule has 0 fully saturated rings. The van der Waals surface area contributed by atoms with Crippen LogP contribution >= 0.6 is 0 Å². The summed E-state index contributed by atoms with van der Waals surface area (Å²) in [4.78, 5) is 19.6. The number of nitrogens with two attached hydrogens (primary N) is 1. The maximum absolute atomic E-state index is 11.3. The van der Waals surface area contributed by atoms with Crippen LogP contribution in [0.25, 0.3) is 0 Å². The first-order chi connectivity index (χ1) is 4.22. The van der Waals surface area contributed by atoms with Crippen molar-refractivity contribution >= 4 is 6.03 Å². The van der Waals surface area contributed by atoms with Crippen molar-refractivity contribution in [3.05, 3.63) is 4.91 Å². The van der Waals surface area contributed by atoms with Crippen molar-refractivity contribution in [3.63, 3.8) is 0 Å². The fourth-order valence-corrected chi connectivity index (χ4v) is 0.271. The molecule has 0 aliphatic heterocycles. The minimum atomic E-state index is -1.04. The molecule has 0 aromatic heterocycles. The lowest BCUT2D eigenvalue weighted by atomic mass is 10.8. The van der Waals surface area contributed by atoms with E-state index in [9.17, 15) is 14.1 Å². The molecule has 5 nitrogen and oxygen atoms in total. The summed E-state index contributed by atoms with van der Waals surface area (Å²) in [5, 5.41) is 2.45. The van der Waals surface area contributed by atoms with Crippen LogP contribution in [0.5, 0.6) is 0 Å². The first kappa shape index (κ1) is 7.80. The first-order valence-electron chi connectivity index (χ1n) is 2.18. The number of nitroso groups, excluding NO2 is 1. The van der Waals surface area contributed by atoms with Gasteiger partial charge in [0.05, 0.1) is 11.8 Å². The molecule has 2 amide bonds. The molecule has 0 saturated carbocycles. The second-order valence-electron chi connectivity index (χ2n) is 1.23. The number of nitrogens with zero attached hydrogens (tertiary/aromatic N) is 2. The van der Waals surface area contributed by atoms with E-state index in [2.05, 4.69) is 11.0 Å². The summed E-state index contributed by atoms with van der Waals surface area (Å²) in [5.41, 5.74) is 4.56. The van der Waals surface area contributed by atoms with Crippen molar-refractivity contribution in [3.8, 4) is 0 Å². The Morgan fingerprint density at radius 1 is 1.78 bits per heavy atom. The number of carbonyl (C=O) groups excluding carboxylic acids is 1. The van der Waals surface area contributed by atoms with Crippen LogP contribution < -0.4 is 5.73 Å². The summed E-state index contributed by atoms with van der Waals surface area (Å²) in [6, 6.07) is -1.04. The van der Waals surface area contributed by atoms with Gasteiger partial charge >= 0.3 is 6.03 Å². The summed E-state index contributed by atoms with van der Waals surface area (Å²) in [7, 11) is 0. The Morgan fingerprint density at radius 2 is 2.33 bits per heavy atom. The predicted octanol–water partition coefficient (Wildman–Crippen LogP) is 0.0180. The molecule has 0 unspecified atom stereocenters. The van der Waals surface area contributed by atoms with Gasteiger partial charge in [0.1, 0.15) is 6.67 Å². The SMILES string of the molecule is NC(=O)[15N](CCF)[15N]=O. The zero-order chi connectivity index (χ0) is 7.28. The van der Waals surface area contributed by atoms with Gasteiger partial charge in [-0.1, -0.05) is 0 Å². The van der Waals surface area contributed by atoms with Gasteiger partial charge in [-0.3, -0.25) is 0 Å². The molecule has 0 rings (SSSR count). The largest absolute Gasteiger partial charge is 0.350 e. The van der Waals surface area contributed by atoms with Gasteiger partial charge in [-0.2, -0.15) is 5.01 Å². The number of primary amides is 1. The number of carbonyl (C=O) groups is 1. The predicted molar refractivity (Wildman–Crippen MR) is 28.1 cm³/mol. The molecule has 0 bridgehead atoms. The van der Waals surface area contributed by atoms with Crippen molar-refractivity contribution in [1.82, 2.24) is 5.01 Å². The Morgan fingerprint density at radius 3 is 2.44 bits per heavy atom. The highest BCUT2D eigenvalue weighted by atomic mass is 19.1. The van der Waals surface area contributed by atoms with Crippen molar-refractivity contribution in [2.45, 2.75) is 0 Å². The molecule has 9 heavy (non-hydrogen) atoms. The lowest BCUT2D eigenvalue weighted by Crippen LogP contribution is -2.32. The number of urea groups is 1. The van der Waals surface area contributed by atoms with E-state index in [1.807, 2.05) is 0 Å². The highest BCUT2D eigenvalue weighted by Crippen LogP contribution is 1.86. The lowest BCUT2D eigenvalue weighted by molar-refractivity contribution is 0.204. The molecule has 0 spiro atoms. The van der Waals surface area contributed by atoms with Gasteiger partial charge in [0.15, 0.2) is 0 Å². The second-order valence-corrected chi connectivity index (χ2v) is 1.23. The van der Waals surface area contributed by atoms with Gasteiger partial charge in [0, 0.05) is 0 Å². The van der Waals surface area contributed by atoms with Crippen molar-refractivity contribution in [2.24, 2.45) is 11.0 Å². The van der Waals surface area contributed by atoms with Gasteiger partial charge in [0.25, 0.3) is 0 Å². The topological polar surface area (TPSA) is 75.8 Å². The Kier molecular flexibility index (Phi) is 3.26. The van der Waals surface area contributed by atoms with Crippen molar-refractivity contribution < 1.29 is 9.18 Å². The maximum Gasteiger partial charge on any atom is 0.337 e.